The lowest BCUT2D eigenvalue weighted by Crippen LogP contribution is -2.43. The van der Waals surface area contributed by atoms with Crippen molar-refractivity contribution in [2.24, 2.45) is 0 Å². The minimum absolute atomic E-state index is 0.106. The van der Waals surface area contributed by atoms with Crippen LogP contribution in [0.1, 0.15) is 21.5 Å². The Bertz CT molecular complexity index is 983. The number of sulfonamides is 1. The van der Waals surface area contributed by atoms with Crippen LogP contribution in [0.3, 0.4) is 0 Å². The van der Waals surface area contributed by atoms with Crippen molar-refractivity contribution in [3.8, 4) is 0 Å². The number of carbonyl (C=O) groups excluding carboxylic acids is 1. The Morgan fingerprint density at radius 1 is 1.00 bits per heavy atom. The van der Waals surface area contributed by atoms with E-state index in [1.165, 1.54) is 31.8 Å². The predicted octanol–water partition coefficient (Wildman–Crippen LogP) is 1.61. The minimum atomic E-state index is -3.58. The van der Waals surface area contributed by atoms with Crippen molar-refractivity contribution in [1.82, 2.24) is 19.4 Å². The molecule has 2 aromatic rings. The molecule has 1 amide bonds. The van der Waals surface area contributed by atoms with E-state index in [1.807, 2.05) is 12.1 Å². The number of nitrogens with zero attached hydrogens (tertiary/aromatic N) is 3. The minimum Gasteiger partial charge on any atom is -0.348 e. The molecule has 1 saturated heterocycles. The Kier molecular flexibility index (Phi) is 7.25. The summed E-state index contributed by atoms with van der Waals surface area (Å²) < 4.78 is 25.7. The lowest BCUT2D eigenvalue weighted by Gasteiger charge is -2.32. The second-order valence-corrected chi connectivity index (χ2v) is 10.0. The highest BCUT2D eigenvalue weighted by atomic mass is 32.2. The lowest BCUT2D eigenvalue weighted by molar-refractivity contribution is 0.0950. The van der Waals surface area contributed by atoms with Gasteiger partial charge < -0.3 is 10.2 Å². The molecule has 0 spiro atoms. The molecule has 0 unspecified atom stereocenters. The van der Waals surface area contributed by atoms with E-state index in [-0.39, 0.29) is 10.8 Å². The molecule has 8 heteroatoms. The summed E-state index contributed by atoms with van der Waals surface area (Å²) >= 11 is 0. The summed E-state index contributed by atoms with van der Waals surface area (Å²) in [6.07, 6.45) is 0. The van der Waals surface area contributed by atoms with Gasteiger partial charge in [0, 0.05) is 58.9 Å². The molecular formula is C22H30N4O3S. The first kappa shape index (κ1) is 22.4. The highest BCUT2D eigenvalue weighted by molar-refractivity contribution is 7.89. The quantitative estimate of drug-likeness (QED) is 0.723. The zero-order valence-electron chi connectivity index (χ0n) is 17.8. The van der Waals surface area contributed by atoms with Gasteiger partial charge in [0.05, 0.1) is 4.90 Å². The fourth-order valence-electron chi connectivity index (χ4n) is 3.40. The number of amides is 1. The van der Waals surface area contributed by atoms with Crippen LogP contribution < -0.4 is 5.32 Å². The van der Waals surface area contributed by atoms with Gasteiger partial charge in [0.1, 0.15) is 0 Å². The number of piperazine rings is 1. The first-order valence-electron chi connectivity index (χ1n) is 10.1. The molecule has 0 radical (unpaired) electrons. The number of likely N-dealkylation sites (N-methyl/N-ethyl adjacent to an activating group) is 1. The van der Waals surface area contributed by atoms with Gasteiger partial charge in [-0.1, -0.05) is 30.3 Å². The number of hydrogen-bond acceptors (Lipinski definition) is 5. The Balaban J connectivity index is 1.61. The van der Waals surface area contributed by atoms with E-state index in [0.717, 1.165) is 42.6 Å². The first-order valence-corrected chi connectivity index (χ1v) is 11.5. The van der Waals surface area contributed by atoms with Crippen molar-refractivity contribution >= 4 is 15.9 Å². The molecule has 1 aliphatic heterocycles. The van der Waals surface area contributed by atoms with Gasteiger partial charge in [-0.05, 0) is 36.4 Å². The molecule has 162 valence electrons. The smallest absolute Gasteiger partial charge is 0.251 e. The van der Waals surface area contributed by atoms with Gasteiger partial charge in [-0.2, -0.15) is 0 Å². The Morgan fingerprint density at radius 3 is 2.37 bits per heavy atom. The van der Waals surface area contributed by atoms with Crippen LogP contribution in [0, 0.1) is 0 Å². The van der Waals surface area contributed by atoms with E-state index in [4.69, 9.17) is 0 Å². The first-order chi connectivity index (χ1) is 14.3. The average Bonchev–Trinajstić information content (AvgIpc) is 2.74. The highest BCUT2D eigenvalue weighted by Crippen LogP contribution is 2.15. The van der Waals surface area contributed by atoms with Crippen molar-refractivity contribution in [3.05, 3.63) is 65.2 Å². The van der Waals surface area contributed by atoms with Crippen molar-refractivity contribution in [1.29, 1.82) is 0 Å². The molecule has 1 fully saturated rings. The van der Waals surface area contributed by atoms with Crippen molar-refractivity contribution in [2.45, 2.75) is 18.0 Å². The summed E-state index contributed by atoms with van der Waals surface area (Å²) in [7, 11) is 1.51. The van der Waals surface area contributed by atoms with Gasteiger partial charge in [0.15, 0.2) is 0 Å². The van der Waals surface area contributed by atoms with Gasteiger partial charge in [-0.15, -0.1) is 0 Å². The van der Waals surface area contributed by atoms with Crippen LogP contribution in [0.25, 0.3) is 0 Å². The van der Waals surface area contributed by atoms with Gasteiger partial charge in [0.2, 0.25) is 10.0 Å². The predicted molar refractivity (Wildman–Crippen MR) is 118 cm³/mol. The molecule has 1 heterocycles. The van der Waals surface area contributed by atoms with Gasteiger partial charge in [0.25, 0.3) is 5.91 Å². The van der Waals surface area contributed by atoms with E-state index in [2.05, 4.69) is 34.3 Å². The van der Waals surface area contributed by atoms with Crippen molar-refractivity contribution in [2.75, 3.05) is 47.3 Å². The van der Waals surface area contributed by atoms with E-state index in [1.54, 1.807) is 12.1 Å². The molecule has 1 aliphatic rings. The normalized spacial score (nSPS) is 16.0. The third kappa shape index (κ3) is 5.66. The van der Waals surface area contributed by atoms with Crippen LogP contribution in [0.4, 0.5) is 0 Å². The molecule has 0 saturated carbocycles. The Labute approximate surface area is 179 Å². The summed E-state index contributed by atoms with van der Waals surface area (Å²) in [5, 5.41) is 2.89. The number of nitrogens with one attached hydrogen (secondary N) is 1. The summed E-state index contributed by atoms with van der Waals surface area (Å²) in [6.45, 7) is 5.57. The van der Waals surface area contributed by atoms with Crippen LogP contribution in [0.15, 0.2) is 53.4 Å². The number of benzene rings is 2. The molecular weight excluding hydrogens is 400 g/mol. The van der Waals surface area contributed by atoms with Gasteiger partial charge in [-0.25, -0.2) is 12.7 Å². The molecule has 1 N–H and O–H groups in total. The van der Waals surface area contributed by atoms with Gasteiger partial charge in [-0.3, -0.25) is 9.69 Å². The summed E-state index contributed by atoms with van der Waals surface area (Å²) in [6, 6.07) is 14.3. The van der Waals surface area contributed by atoms with E-state index < -0.39 is 10.0 Å². The molecule has 2 aromatic carbocycles. The van der Waals surface area contributed by atoms with Crippen molar-refractivity contribution in [3.63, 3.8) is 0 Å². The maximum absolute atomic E-state index is 12.6. The molecule has 0 aromatic heterocycles. The Morgan fingerprint density at radius 2 is 1.67 bits per heavy atom. The zero-order chi connectivity index (χ0) is 21.7. The van der Waals surface area contributed by atoms with Crippen LogP contribution in [-0.4, -0.2) is 75.8 Å². The molecule has 3 rings (SSSR count). The SMILES string of the molecule is CN1CCN(Cc2cccc(CNC(=O)c3cccc(S(=O)(=O)N(C)C)c3)c2)CC1. The third-order valence-corrected chi connectivity index (χ3v) is 7.13. The average molecular weight is 431 g/mol. The molecule has 0 atom stereocenters. The third-order valence-electron chi connectivity index (χ3n) is 5.32. The lowest BCUT2D eigenvalue weighted by atomic mass is 10.1. The van der Waals surface area contributed by atoms with E-state index in [0.29, 0.717) is 12.1 Å². The zero-order valence-corrected chi connectivity index (χ0v) is 18.7. The second kappa shape index (κ2) is 9.70. The van der Waals surface area contributed by atoms with Crippen LogP contribution >= 0.6 is 0 Å². The van der Waals surface area contributed by atoms with Gasteiger partial charge >= 0.3 is 0 Å². The molecule has 30 heavy (non-hydrogen) atoms. The second-order valence-electron chi connectivity index (χ2n) is 7.90. The Hall–Kier alpha value is -2.26. The van der Waals surface area contributed by atoms with E-state index in [9.17, 15) is 13.2 Å². The number of rotatable bonds is 7. The highest BCUT2D eigenvalue weighted by Gasteiger charge is 2.19. The molecule has 7 nitrogen and oxygen atoms in total. The summed E-state index contributed by atoms with van der Waals surface area (Å²) in [4.78, 5) is 17.4. The molecule has 0 aliphatic carbocycles. The van der Waals surface area contributed by atoms with E-state index >= 15 is 0 Å². The van der Waals surface area contributed by atoms with Crippen LogP contribution in [0.5, 0.6) is 0 Å². The largest absolute Gasteiger partial charge is 0.348 e. The number of carbonyl (C=O) groups is 1. The standard InChI is InChI=1S/C22H30N4O3S/c1-24(2)30(28,29)21-9-5-8-20(15-21)22(27)23-16-18-6-4-7-19(14-18)17-26-12-10-25(3)11-13-26/h4-9,14-15H,10-13,16-17H2,1-3H3,(H,23,27). The monoisotopic (exact) mass is 430 g/mol. The maximum Gasteiger partial charge on any atom is 0.251 e. The van der Waals surface area contributed by atoms with Crippen LogP contribution in [0.2, 0.25) is 0 Å². The topological polar surface area (TPSA) is 73.0 Å². The fourth-order valence-corrected chi connectivity index (χ4v) is 4.34. The fraction of sp³-hybridized carbons (Fsp3) is 0.409. The summed E-state index contributed by atoms with van der Waals surface area (Å²) in [5.41, 5.74) is 2.57. The molecule has 0 bridgehead atoms. The van der Waals surface area contributed by atoms with Crippen molar-refractivity contribution < 1.29 is 13.2 Å². The van der Waals surface area contributed by atoms with Crippen LogP contribution in [-0.2, 0) is 23.1 Å². The number of hydrogen-bond donors (Lipinski definition) is 1. The summed E-state index contributed by atoms with van der Waals surface area (Å²) in [5.74, 6) is -0.296. The maximum atomic E-state index is 12.6.